The van der Waals surface area contributed by atoms with Gasteiger partial charge in [0.1, 0.15) is 5.75 Å². The van der Waals surface area contributed by atoms with E-state index in [1.807, 2.05) is 38.1 Å². The maximum absolute atomic E-state index is 12.8. The number of anilines is 1. The molecule has 0 aromatic heterocycles. The van der Waals surface area contributed by atoms with Crippen LogP contribution in [0, 0.1) is 0 Å². The number of carbonyl (C=O) groups is 1. The molecule has 6 nitrogen and oxygen atoms in total. The van der Waals surface area contributed by atoms with E-state index in [2.05, 4.69) is 5.32 Å². The summed E-state index contributed by atoms with van der Waals surface area (Å²) in [7, 11) is -1.93. The highest BCUT2D eigenvalue weighted by molar-refractivity contribution is 7.89. The molecule has 2 rings (SSSR count). The molecule has 0 bridgehead atoms. The number of benzene rings is 2. The fourth-order valence-corrected chi connectivity index (χ4v) is 4.41. The van der Waals surface area contributed by atoms with Crippen molar-refractivity contribution >= 4 is 27.7 Å². The fraction of sp³-hybridized carbons (Fsp3) is 0.318. The van der Waals surface area contributed by atoms with Crippen molar-refractivity contribution in [1.82, 2.24) is 4.31 Å². The molecule has 7 heteroatoms. The minimum absolute atomic E-state index is 0.228. The number of sulfonamides is 1. The Bertz CT molecular complexity index is 914. The van der Waals surface area contributed by atoms with Gasteiger partial charge >= 0.3 is 0 Å². The lowest BCUT2D eigenvalue weighted by atomic mass is 10.2. The van der Waals surface area contributed by atoms with Gasteiger partial charge in [0, 0.05) is 24.9 Å². The molecule has 0 aliphatic carbocycles. The molecule has 1 amide bonds. The third kappa shape index (κ3) is 6.44. The molecule has 0 fully saturated rings. The third-order valence-electron chi connectivity index (χ3n) is 4.25. The van der Waals surface area contributed by atoms with E-state index in [-0.39, 0.29) is 10.8 Å². The van der Waals surface area contributed by atoms with Crippen LogP contribution in [-0.2, 0) is 14.8 Å². The molecule has 2 aromatic carbocycles. The molecule has 156 valence electrons. The van der Waals surface area contributed by atoms with Crippen molar-refractivity contribution in [1.29, 1.82) is 0 Å². The molecule has 0 atom stereocenters. The smallest absolute Gasteiger partial charge is 0.248 e. The van der Waals surface area contributed by atoms with Crippen LogP contribution in [0.25, 0.3) is 6.08 Å². The summed E-state index contributed by atoms with van der Waals surface area (Å²) in [6.45, 7) is 4.89. The Balaban J connectivity index is 2.03. The molecule has 0 aliphatic rings. The molecule has 0 aliphatic heterocycles. The van der Waals surface area contributed by atoms with E-state index in [0.29, 0.717) is 18.8 Å². The Morgan fingerprint density at radius 3 is 2.10 bits per heavy atom. The summed E-state index contributed by atoms with van der Waals surface area (Å²) >= 11 is 0. The number of ether oxygens (including phenoxy) is 1. The molecular weight excluding hydrogens is 388 g/mol. The zero-order chi connectivity index (χ0) is 21.3. The van der Waals surface area contributed by atoms with Gasteiger partial charge in [-0.1, -0.05) is 26.0 Å². The van der Waals surface area contributed by atoms with Crippen LogP contribution in [0.15, 0.2) is 59.5 Å². The summed E-state index contributed by atoms with van der Waals surface area (Å²) < 4.78 is 32.1. The number of carbonyl (C=O) groups excluding carboxylic acids is 1. The van der Waals surface area contributed by atoms with E-state index in [0.717, 1.165) is 24.2 Å². The van der Waals surface area contributed by atoms with Crippen molar-refractivity contribution in [3.63, 3.8) is 0 Å². The molecule has 0 saturated carbocycles. The Morgan fingerprint density at radius 2 is 1.59 bits per heavy atom. The molecule has 0 saturated heterocycles. The molecule has 2 aromatic rings. The van der Waals surface area contributed by atoms with Gasteiger partial charge < -0.3 is 10.1 Å². The van der Waals surface area contributed by atoms with Crippen LogP contribution in [0.2, 0.25) is 0 Å². The van der Waals surface area contributed by atoms with Crippen molar-refractivity contribution < 1.29 is 17.9 Å². The summed E-state index contributed by atoms with van der Waals surface area (Å²) in [6.07, 6.45) is 4.64. The first-order chi connectivity index (χ1) is 13.9. The zero-order valence-electron chi connectivity index (χ0n) is 17.1. The largest absolute Gasteiger partial charge is 0.497 e. The zero-order valence-corrected chi connectivity index (χ0v) is 17.9. The quantitative estimate of drug-likeness (QED) is 0.590. The van der Waals surface area contributed by atoms with Gasteiger partial charge in [-0.2, -0.15) is 4.31 Å². The Morgan fingerprint density at radius 1 is 1.00 bits per heavy atom. The van der Waals surface area contributed by atoms with Gasteiger partial charge in [-0.25, -0.2) is 8.42 Å². The first-order valence-electron chi connectivity index (χ1n) is 9.64. The molecule has 0 heterocycles. The van der Waals surface area contributed by atoms with Gasteiger partial charge in [0.15, 0.2) is 0 Å². The number of nitrogens with zero attached hydrogens (tertiary/aromatic N) is 1. The van der Waals surface area contributed by atoms with Crippen molar-refractivity contribution in [2.75, 3.05) is 25.5 Å². The number of nitrogens with one attached hydrogen (secondary N) is 1. The second-order valence-electron chi connectivity index (χ2n) is 6.52. The van der Waals surface area contributed by atoms with E-state index in [9.17, 15) is 13.2 Å². The number of methoxy groups -OCH3 is 1. The van der Waals surface area contributed by atoms with Crippen LogP contribution in [0.5, 0.6) is 5.75 Å². The average Bonchev–Trinajstić information content (AvgIpc) is 2.73. The highest BCUT2D eigenvalue weighted by Crippen LogP contribution is 2.19. The van der Waals surface area contributed by atoms with Gasteiger partial charge in [0.05, 0.1) is 12.0 Å². The summed E-state index contributed by atoms with van der Waals surface area (Å²) in [5, 5.41) is 2.73. The van der Waals surface area contributed by atoms with E-state index in [1.54, 1.807) is 25.3 Å². The van der Waals surface area contributed by atoms with Crippen LogP contribution in [-0.4, -0.2) is 38.8 Å². The maximum Gasteiger partial charge on any atom is 0.248 e. The maximum atomic E-state index is 12.8. The monoisotopic (exact) mass is 416 g/mol. The second-order valence-corrected chi connectivity index (χ2v) is 8.46. The van der Waals surface area contributed by atoms with Crippen LogP contribution < -0.4 is 10.1 Å². The van der Waals surface area contributed by atoms with E-state index >= 15 is 0 Å². The van der Waals surface area contributed by atoms with Crippen molar-refractivity contribution in [3.8, 4) is 5.75 Å². The number of hydrogen-bond acceptors (Lipinski definition) is 4. The standard InChI is InChI=1S/C22H28N2O4S/c1-4-16-24(17-5-2)29(26,27)21-13-9-19(10-14-21)23-22(25)15-8-18-6-11-20(28-3)12-7-18/h6-15H,4-5,16-17H2,1-3H3,(H,23,25). The van der Waals surface area contributed by atoms with E-state index in [4.69, 9.17) is 4.74 Å². The number of rotatable bonds is 10. The minimum Gasteiger partial charge on any atom is -0.497 e. The highest BCUT2D eigenvalue weighted by atomic mass is 32.2. The van der Waals surface area contributed by atoms with Crippen molar-refractivity contribution in [2.24, 2.45) is 0 Å². The molecule has 0 radical (unpaired) electrons. The SMILES string of the molecule is CCCN(CCC)S(=O)(=O)c1ccc(NC(=O)C=Cc2ccc(OC)cc2)cc1. The van der Waals surface area contributed by atoms with Crippen LogP contribution in [0.1, 0.15) is 32.3 Å². The van der Waals surface area contributed by atoms with Gasteiger partial charge in [0.2, 0.25) is 15.9 Å². The average molecular weight is 417 g/mol. The third-order valence-corrected chi connectivity index (χ3v) is 6.16. The molecule has 0 spiro atoms. The van der Waals surface area contributed by atoms with Crippen LogP contribution in [0.3, 0.4) is 0 Å². The van der Waals surface area contributed by atoms with Crippen LogP contribution >= 0.6 is 0 Å². The highest BCUT2D eigenvalue weighted by Gasteiger charge is 2.22. The lowest BCUT2D eigenvalue weighted by Crippen LogP contribution is -2.32. The first-order valence-corrected chi connectivity index (χ1v) is 11.1. The van der Waals surface area contributed by atoms with Gasteiger partial charge in [-0.05, 0) is 60.9 Å². The normalized spacial score (nSPS) is 11.7. The lowest BCUT2D eigenvalue weighted by Gasteiger charge is -2.21. The van der Waals surface area contributed by atoms with Crippen molar-refractivity contribution in [3.05, 3.63) is 60.2 Å². The number of amides is 1. The second kappa shape index (κ2) is 10.8. The molecule has 0 unspecified atom stereocenters. The van der Waals surface area contributed by atoms with Gasteiger partial charge in [0.25, 0.3) is 0 Å². The van der Waals surface area contributed by atoms with Crippen LogP contribution in [0.4, 0.5) is 5.69 Å². The minimum atomic E-state index is -3.53. The summed E-state index contributed by atoms with van der Waals surface area (Å²) in [6, 6.07) is 13.6. The predicted octanol–water partition coefficient (Wildman–Crippen LogP) is 4.16. The topological polar surface area (TPSA) is 75.7 Å². The van der Waals surface area contributed by atoms with Gasteiger partial charge in [-0.15, -0.1) is 0 Å². The van der Waals surface area contributed by atoms with E-state index < -0.39 is 10.0 Å². The Labute approximate surface area is 173 Å². The summed E-state index contributed by atoms with van der Waals surface area (Å²) in [5.41, 5.74) is 1.40. The summed E-state index contributed by atoms with van der Waals surface area (Å²) in [5.74, 6) is 0.452. The first kappa shape index (κ1) is 22.6. The van der Waals surface area contributed by atoms with Crippen molar-refractivity contribution in [2.45, 2.75) is 31.6 Å². The Hall–Kier alpha value is -2.64. The summed E-state index contributed by atoms with van der Waals surface area (Å²) in [4.78, 5) is 12.3. The van der Waals surface area contributed by atoms with E-state index in [1.165, 1.54) is 22.5 Å². The molecule has 29 heavy (non-hydrogen) atoms. The van der Waals surface area contributed by atoms with Gasteiger partial charge in [-0.3, -0.25) is 4.79 Å². The molecule has 1 N–H and O–H groups in total. The Kier molecular flexibility index (Phi) is 8.42. The lowest BCUT2D eigenvalue weighted by molar-refractivity contribution is -0.111. The molecular formula is C22H28N2O4S. The predicted molar refractivity (Wildman–Crippen MR) is 116 cm³/mol. The number of hydrogen-bond donors (Lipinski definition) is 1. The fourth-order valence-electron chi connectivity index (χ4n) is 2.78.